The van der Waals surface area contributed by atoms with Gasteiger partial charge in [0, 0.05) is 32.5 Å². The van der Waals surface area contributed by atoms with Gasteiger partial charge in [0.15, 0.2) is 0 Å². The number of hydrogen-bond donors (Lipinski definition) is 11. The summed E-state index contributed by atoms with van der Waals surface area (Å²) in [5.74, 6) is -4.76. The summed E-state index contributed by atoms with van der Waals surface area (Å²) in [6.45, 7) is 10.3. The number of amides is 7. The normalized spacial score (nSPS) is 17.6. The molecule has 0 unspecified atom stereocenters. The molecule has 2 aromatic carbocycles. The highest BCUT2D eigenvalue weighted by molar-refractivity contribution is 6.03. The average Bonchev–Trinajstić information content (AvgIpc) is 3.22. The zero-order chi connectivity index (χ0) is 49.4. The first-order valence-corrected chi connectivity index (χ1v) is 22.2. The predicted molar refractivity (Wildman–Crippen MR) is 245 cm³/mol. The molecule has 0 aliphatic carbocycles. The first kappa shape index (κ1) is 54.3. The Kier molecular flexibility index (Phi) is 20.6. The third-order valence-electron chi connectivity index (χ3n) is 10.2. The van der Waals surface area contributed by atoms with E-state index in [2.05, 4.69) is 26.6 Å². The molecule has 21 heteroatoms. The van der Waals surface area contributed by atoms with Gasteiger partial charge in [-0.1, -0.05) is 12.1 Å². The lowest BCUT2D eigenvalue weighted by molar-refractivity contribution is -0.144. The summed E-state index contributed by atoms with van der Waals surface area (Å²) >= 11 is 0. The summed E-state index contributed by atoms with van der Waals surface area (Å²) in [6.07, 6.45) is -1.42. The molecule has 66 heavy (non-hydrogen) atoms. The summed E-state index contributed by atoms with van der Waals surface area (Å²) in [7, 11) is 0. The minimum Gasteiger partial charge on any atom is -0.508 e. The van der Waals surface area contributed by atoms with Crippen LogP contribution >= 0.6 is 0 Å². The summed E-state index contributed by atoms with van der Waals surface area (Å²) in [6, 6.07) is 2.36. The van der Waals surface area contributed by atoms with Crippen LogP contribution in [0.2, 0.25) is 0 Å². The third-order valence-corrected chi connectivity index (χ3v) is 10.2. The van der Waals surface area contributed by atoms with E-state index in [0.29, 0.717) is 17.5 Å². The Balaban J connectivity index is 2.14. The average molecular weight is 927 g/mol. The number of carbonyl (C=O) groups is 7. The highest BCUT2D eigenvalue weighted by Crippen LogP contribution is 2.31. The molecule has 3 rings (SSSR count). The number of nitrogens with two attached hydrogens (primary N) is 4. The van der Waals surface area contributed by atoms with Crippen LogP contribution in [0.15, 0.2) is 36.4 Å². The van der Waals surface area contributed by atoms with E-state index in [1.807, 2.05) is 0 Å². The third kappa shape index (κ3) is 17.4. The summed E-state index contributed by atoms with van der Waals surface area (Å²) in [5, 5.41) is 34.9. The molecular formula is C45H70N10O11. The highest BCUT2D eigenvalue weighted by atomic mass is 16.6. The number of phenolic OH excluding ortho intramolecular Hbond substituents is 2. The highest BCUT2D eigenvalue weighted by Gasteiger charge is 2.36. The lowest BCUT2D eigenvalue weighted by Crippen LogP contribution is -2.60. The number of hydrogen-bond acceptors (Lipinski definition) is 15. The van der Waals surface area contributed by atoms with Crippen LogP contribution in [0, 0.1) is 0 Å². The van der Waals surface area contributed by atoms with Crippen LogP contribution in [-0.2, 0) is 46.3 Å². The molecule has 0 saturated carbocycles. The molecule has 1 aliphatic rings. The monoisotopic (exact) mass is 927 g/mol. The van der Waals surface area contributed by atoms with Crippen molar-refractivity contribution < 1.29 is 53.2 Å². The van der Waals surface area contributed by atoms with E-state index in [1.165, 1.54) is 17.0 Å². The molecule has 15 N–H and O–H groups in total. The number of imide groups is 1. The Bertz CT molecular complexity index is 2020. The van der Waals surface area contributed by atoms with Gasteiger partial charge in [0.05, 0.1) is 6.04 Å². The molecule has 0 spiro atoms. The van der Waals surface area contributed by atoms with Crippen molar-refractivity contribution in [1.82, 2.24) is 31.5 Å². The number of carbonyl (C=O) groups excluding carboxylic acids is 7. The van der Waals surface area contributed by atoms with Crippen molar-refractivity contribution in [3.05, 3.63) is 47.5 Å². The Morgan fingerprint density at radius 1 is 0.773 bits per heavy atom. The number of nitrogens with one attached hydrogen (secondary N) is 5. The van der Waals surface area contributed by atoms with Crippen molar-refractivity contribution in [2.24, 2.45) is 22.9 Å². The summed E-state index contributed by atoms with van der Waals surface area (Å²) in [4.78, 5) is 97.6. The lowest BCUT2D eigenvalue weighted by Gasteiger charge is -2.33. The van der Waals surface area contributed by atoms with Crippen molar-refractivity contribution in [2.45, 2.75) is 134 Å². The molecule has 1 heterocycles. The topological polar surface area (TPSA) is 346 Å². The van der Waals surface area contributed by atoms with E-state index in [1.54, 1.807) is 65.8 Å². The van der Waals surface area contributed by atoms with Gasteiger partial charge in [-0.2, -0.15) is 0 Å². The molecule has 1 aliphatic heterocycles. The molecule has 0 saturated heterocycles. The predicted octanol–water partition coefficient (Wildman–Crippen LogP) is 0.635. The van der Waals surface area contributed by atoms with Crippen LogP contribution in [0.1, 0.15) is 91.2 Å². The number of phenols is 2. The Morgan fingerprint density at radius 3 is 1.89 bits per heavy atom. The number of benzene rings is 2. The SMILES string of the molecule is CC(C)(C)OC(=O)NCCC[C@@H]1NC(=O)[C@@H](NC(=O)OC(C)(C)C)Cc2cc(ccc2O)-c2ccc(O)c(c2)C[C@@H](C(=O)NC(=O)[C@H](CCCN)N(CCN)C(=O)[C@@H](N)CCCN)NC1=O. The fraction of sp³-hybridized carbons (Fsp3) is 0.578. The molecule has 0 fully saturated rings. The van der Waals surface area contributed by atoms with Crippen LogP contribution in [0.3, 0.4) is 0 Å². The van der Waals surface area contributed by atoms with Crippen molar-refractivity contribution in [3.8, 4) is 22.6 Å². The van der Waals surface area contributed by atoms with Crippen LogP contribution in [0.4, 0.5) is 9.59 Å². The molecule has 7 amide bonds. The number of nitrogens with zero attached hydrogens (tertiary/aromatic N) is 1. The fourth-order valence-corrected chi connectivity index (χ4v) is 7.05. The van der Waals surface area contributed by atoms with Gasteiger partial charge in [-0.05, 0) is 140 Å². The van der Waals surface area contributed by atoms with E-state index in [-0.39, 0.29) is 100 Å². The van der Waals surface area contributed by atoms with E-state index in [9.17, 15) is 43.8 Å². The van der Waals surface area contributed by atoms with Gasteiger partial charge in [0.1, 0.15) is 46.9 Å². The van der Waals surface area contributed by atoms with Crippen molar-refractivity contribution >= 4 is 41.7 Å². The quantitative estimate of drug-likeness (QED) is 0.0970. The first-order chi connectivity index (χ1) is 31.0. The van der Waals surface area contributed by atoms with Crippen LogP contribution in [-0.4, -0.2) is 131 Å². The van der Waals surface area contributed by atoms with E-state index in [0.717, 1.165) is 0 Å². The van der Waals surface area contributed by atoms with Gasteiger partial charge in [0.25, 0.3) is 0 Å². The molecule has 21 nitrogen and oxygen atoms in total. The fourth-order valence-electron chi connectivity index (χ4n) is 7.05. The Morgan fingerprint density at radius 2 is 1.33 bits per heavy atom. The van der Waals surface area contributed by atoms with Crippen LogP contribution < -0.4 is 49.5 Å². The second-order valence-electron chi connectivity index (χ2n) is 18.1. The Hall–Kier alpha value is -6.03. The van der Waals surface area contributed by atoms with Crippen molar-refractivity contribution in [1.29, 1.82) is 0 Å². The molecule has 2 aromatic rings. The standard InChI is InChI=1S/C45H70N10O11/c1-44(2,3)65-42(63)50-20-9-11-31-37(58)52-32(39(60)54-40(61)34(12-8-18-47)55(21-19-48)41(62)30(49)10-7-17-46)24-28-22-26(13-15-35(28)56)27-14-16-36(57)29(23-27)25-33(38(59)51-31)53-43(64)66-45(4,5)6/h13-16,22-23,30-34,56-57H,7-12,17-21,24-25,46-49H2,1-6H3,(H,50,63)(H,51,59)(H,52,58)(H,53,64)(H,54,60,61)/t30-,31-,32-,33-,34-/m0/s1. The van der Waals surface area contributed by atoms with E-state index >= 15 is 0 Å². The maximum atomic E-state index is 14.4. The summed E-state index contributed by atoms with van der Waals surface area (Å²) < 4.78 is 10.7. The smallest absolute Gasteiger partial charge is 0.408 e. The van der Waals surface area contributed by atoms with Crippen LogP contribution in [0.5, 0.6) is 11.5 Å². The maximum Gasteiger partial charge on any atom is 0.408 e. The van der Waals surface area contributed by atoms with E-state index in [4.69, 9.17) is 32.4 Å². The lowest BCUT2D eigenvalue weighted by atomic mass is 9.95. The van der Waals surface area contributed by atoms with Crippen molar-refractivity contribution in [3.63, 3.8) is 0 Å². The molecule has 5 atom stereocenters. The first-order valence-electron chi connectivity index (χ1n) is 22.2. The minimum absolute atomic E-state index is 0.00795. The number of ether oxygens (including phenoxy) is 2. The van der Waals surface area contributed by atoms with Gasteiger partial charge in [-0.15, -0.1) is 0 Å². The molecule has 0 radical (unpaired) electrons. The second-order valence-corrected chi connectivity index (χ2v) is 18.1. The number of alkyl carbamates (subject to hydrolysis) is 2. The van der Waals surface area contributed by atoms with Crippen molar-refractivity contribution in [2.75, 3.05) is 32.7 Å². The van der Waals surface area contributed by atoms with Gasteiger partial charge in [0.2, 0.25) is 29.5 Å². The zero-order valence-corrected chi connectivity index (χ0v) is 38.9. The van der Waals surface area contributed by atoms with Gasteiger partial charge in [-0.3, -0.25) is 29.3 Å². The summed E-state index contributed by atoms with van der Waals surface area (Å²) in [5.41, 5.74) is 23.2. The molecular weight excluding hydrogens is 857 g/mol. The molecule has 366 valence electrons. The Labute approximate surface area is 385 Å². The minimum atomic E-state index is -1.60. The number of fused-ring (bicyclic) bond motifs is 5. The zero-order valence-electron chi connectivity index (χ0n) is 38.9. The largest absolute Gasteiger partial charge is 0.508 e. The second kappa shape index (κ2) is 25.0. The molecule has 4 bridgehead atoms. The van der Waals surface area contributed by atoms with Crippen LogP contribution in [0.25, 0.3) is 11.1 Å². The molecule has 0 aromatic heterocycles. The van der Waals surface area contributed by atoms with Gasteiger partial charge in [-0.25, -0.2) is 9.59 Å². The van der Waals surface area contributed by atoms with E-state index < -0.39 is 83.1 Å². The van der Waals surface area contributed by atoms with Gasteiger partial charge < -0.3 is 68.8 Å². The number of rotatable bonds is 17. The van der Waals surface area contributed by atoms with Gasteiger partial charge >= 0.3 is 12.2 Å². The maximum absolute atomic E-state index is 14.4. The number of aromatic hydroxyl groups is 2.